The number of nitro benzene ring substituents is 1. The summed E-state index contributed by atoms with van der Waals surface area (Å²) in [5, 5.41) is 13.5. The molecule has 0 spiro atoms. The second-order valence-corrected chi connectivity index (χ2v) is 4.78. The van der Waals surface area contributed by atoms with E-state index in [4.69, 9.17) is 5.73 Å². The molecule has 21 heavy (non-hydrogen) atoms. The maximum atomic E-state index is 12.2. The highest BCUT2D eigenvalue weighted by molar-refractivity contribution is 6.08. The van der Waals surface area contributed by atoms with E-state index in [1.165, 1.54) is 18.2 Å². The molecule has 6 heteroatoms. The lowest BCUT2D eigenvalue weighted by Crippen LogP contribution is -2.14. The molecule has 1 amide bonds. The zero-order chi connectivity index (χ0) is 15.6. The van der Waals surface area contributed by atoms with Gasteiger partial charge in [0.05, 0.1) is 10.5 Å². The van der Waals surface area contributed by atoms with Crippen molar-refractivity contribution in [1.29, 1.82) is 0 Å². The van der Waals surface area contributed by atoms with E-state index < -0.39 is 10.8 Å². The van der Waals surface area contributed by atoms with Crippen molar-refractivity contribution in [3.8, 4) is 0 Å². The Balaban J connectivity index is 2.29. The number of nitrogens with one attached hydrogen (secondary N) is 1. The zero-order valence-corrected chi connectivity index (χ0v) is 11.7. The molecule has 0 atom stereocenters. The molecule has 3 N–H and O–H groups in total. The SMILES string of the molecule is Cc1ccc(NC(=O)c2cc([N+](=O)[O-])ccc2N)cc1C. The summed E-state index contributed by atoms with van der Waals surface area (Å²) < 4.78 is 0. The van der Waals surface area contributed by atoms with Gasteiger partial charge in [0.1, 0.15) is 0 Å². The van der Waals surface area contributed by atoms with Crippen LogP contribution in [0.25, 0.3) is 0 Å². The smallest absolute Gasteiger partial charge is 0.270 e. The molecule has 0 aromatic heterocycles. The second-order valence-electron chi connectivity index (χ2n) is 4.78. The van der Waals surface area contributed by atoms with Crippen LogP contribution >= 0.6 is 0 Å². The van der Waals surface area contributed by atoms with Crippen LogP contribution in [0.4, 0.5) is 17.1 Å². The number of nitro groups is 1. The summed E-state index contributed by atoms with van der Waals surface area (Å²) in [6.07, 6.45) is 0. The van der Waals surface area contributed by atoms with Gasteiger partial charge in [0.2, 0.25) is 0 Å². The number of hydrogen-bond acceptors (Lipinski definition) is 4. The predicted molar refractivity (Wildman–Crippen MR) is 81.4 cm³/mol. The minimum absolute atomic E-state index is 0.0856. The molecule has 0 unspecified atom stereocenters. The van der Waals surface area contributed by atoms with E-state index in [9.17, 15) is 14.9 Å². The van der Waals surface area contributed by atoms with Gasteiger partial charge in [-0.1, -0.05) is 6.07 Å². The molecule has 0 bridgehead atoms. The fourth-order valence-corrected chi connectivity index (χ4v) is 1.87. The Morgan fingerprint density at radius 3 is 2.48 bits per heavy atom. The molecular formula is C15H15N3O3. The molecule has 0 aliphatic heterocycles. The number of carbonyl (C=O) groups excluding carboxylic acids is 1. The van der Waals surface area contributed by atoms with Crippen LogP contribution < -0.4 is 11.1 Å². The molecule has 6 nitrogen and oxygen atoms in total. The van der Waals surface area contributed by atoms with Crippen LogP contribution in [-0.4, -0.2) is 10.8 Å². The van der Waals surface area contributed by atoms with Gasteiger partial charge in [-0.3, -0.25) is 14.9 Å². The molecule has 2 aromatic rings. The van der Waals surface area contributed by atoms with Crippen LogP contribution in [0.15, 0.2) is 36.4 Å². The molecule has 0 saturated carbocycles. The quantitative estimate of drug-likeness (QED) is 0.514. The lowest BCUT2D eigenvalue weighted by atomic mass is 10.1. The molecule has 0 aliphatic carbocycles. The summed E-state index contributed by atoms with van der Waals surface area (Å²) in [6.45, 7) is 3.91. The minimum atomic E-state index is -0.563. The average Bonchev–Trinajstić information content (AvgIpc) is 2.43. The molecule has 0 aliphatic rings. The van der Waals surface area contributed by atoms with Crippen LogP contribution in [0.5, 0.6) is 0 Å². The van der Waals surface area contributed by atoms with Crippen LogP contribution in [0, 0.1) is 24.0 Å². The monoisotopic (exact) mass is 285 g/mol. The number of amides is 1. The Hall–Kier alpha value is -2.89. The number of benzene rings is 2. The van der Waals surface area contributed by atoms with Gasteiger partial charge in [-0.15, -0.1) is 0 Å². The number of nitrogens with zero attached hydrogens (tertiary/aromatic N) is 1. The van der Waals surface area contributed by atoms with Crippen molar-refractivity contribution in [2.75, 3.05) is 11.1 Å². The van der Waals surface area contributed by atoms with Gasteiger partial charge in [0.25, 0.3) is 11.6 Å². The van der Waals surface area contributed by atoms with Crippen molar-refractivity contribution in [2.45, 2.75) is 13.8 Å². The lowest BCUT2D eigenvalue weighted by molar-refractivity contribution is -0.384. The van der Waals surface area contributed by atoms with Crippen molar-refractivity contribution in [2.24, 2.45) is 0 Å². The number of nitrogen functional groups attached to an aromatic ring is 1. The maximum absolute atomic E-state index is 12.2. The summed E-state index contributed by atoms with van der Waals surface area (Å²) in [5.74, 6) is -0.473. The summed E-state index contributed by atoms with van der Waals surface area (Å²) in [5.41, 5.74) is 8.60. The molecule has 108 valence electrons. The van der Waals surface area contributed by atoms with Crippen molar-refractivity contribution >= 4 is 23.0 Å². The fourth-order valence-electron chi connectivity index (χ4n) is 1.87. The van der Waals surface area contributed by atoms with Gasteiger partial charge in [-0.05, 0) is 43.2 Å². The highest BCUT2D eigenvalue weighted by Crippen LogP contribution is 2.21. The van der Waals surface area contributed by atoms with Crippen LogP contribution in [0.3, 0.4) is 0 Å². The zero-order valence-electron chi connectivity index (χ0n) is 11.7. The van der Waals surface area contributed by atoms with Gasteiger partial charge in [-0.25, -0.2) is 0 Å². The Morgan fingerprint density at radius 1 is 1.14 bits per heavy atom. The molecule has 0 radical (unpaired) electrons. The van der Waals surface area contributed by atoms with E-state index in [0.29, 0.717) is 5.69 Å². The van der Waals surface area contributed by atoms with E-state index in [1.807, 2.05) is 26.0 Å². The van der Waals surface area contributed by atoms with Gasteiger partial charge < -0.3 is 11.1 Å². The molecule has 0 fully saturated rings. The van der Waals surface area contributed by atoms with E-state index >= 15 is 0 Å². The Morgan fingerprint density at radius 2 is 1.86 bits per heavy atom. The molecule has 0 saturated heterocycles. The number of hydrogen-bond donors (Lipinski definition) is 2. The summed E-state index contributed by atoms with van der Waals surface area (Å²) in [4.78, 5) is 22.4. The van der Waals surface area contributed by atoms with Crippen LogP contribution in [0.1, 0.15) is 21.5 Å². The van der Waals surface area contributed by atoms with E-state index in [1.54, 1.807) is 6.07 Å². The third kappa shape index (κ3) is 3.17. The van der Waals surface area contributed by atoms with Gasteiger partial charge >= 0.3 is 0 Å². The second kappa shape index (κ2) is 5.62. The minimum Gasteiger partial charge on any atom is -0.398 e. The Kier molecular flexibility index (Phi) is 3.89. The number of aryl methyl sites for hydroxylation is 2. The largest absolute Gasteiger partial charge is 0.398 e. The third-order valence-corrected chi connectivity index (χ3v) is 3.26. The standard InChI is InChI=1S/C15H15N3O3/c1-9-3-4-11(7-10(9)2)17-15(19)13-8-12(18(20)21)5-6-14(13)16/h3-8H,16H2,1-2H3,(H,17,19). The first kappa shape index (κ1) is 14.5. The third-order valence-electron chi connectivity index (χ3n) is 3.26. The maximum Gasteiger partial charge on any atom is 0.270 e. The first-order chi connectivity index (χ1) is 9.88. The first-order valence-electron chi connectivity index (χ1n) is 6.31. The van der Waals surface area contributed by atoms with Crippen molar-refractivity contribution < 1.29 is 9.72 Å². The van der Waals surface area contributed by atoms with Crippen molar-refractivity contribution in [3.05, 3.63) is 63.2 Å². The van der Waals surface area contributed by atoms with E-state index in [-0.39, 0.29) is 16.9 Å². The number of nitrogens with two attached hydrogens (primary N) is 1. The average molecular weight is 285 g/mol. The fraction of sp³-hybridized carbons (Fsp3) is 0.133. The number of rotatable bonds is 3. The highest BCUT2D eigenvalue weighted by atomic mass is 16.6. The topological polar surface area (TPSA) is 98.3 Å². The van der Waals surface area contributed by atoms with Gasteiger partial charge in [-0.2, -0.15) is 0 Å². The Bertz CT molecular complexity index is 726. The molecular weight excluding hydrogens is 270 g/mol. The van der Waals surface area contributed by atoms with Gasteiger partial charge in [0.15, 0.2) is 0 Å². The summed E-state index contributed by atoms with van der Waals surface area (Å²) in [7, 11) is 0. The molecule has 2 rings (SSSR count). The highest BCUT2D eigenvalue weighted by Gasteiger charge is 2.15. The number of anilines is 2. The van der Waals surface area contributed by atoms with E-state index in [2.05, 4.69) is 5.32 Å². The van der Waals surface area contributed by atoms with Crippen LogP contribution in [-0.2, 0) is 0 Å². The van der Waals surface area contributed by atoms with Crippen molar-refractivity contribution in [1.82, 2.24) is 0 Å². The normalized spacial score (nSPS) is 10.2. The molecule has 0 heterocycles. The van der Waals surface area contributed by atoms with Gasteiger partial charge in [0, 0.05) is 23.5 Å². The lowest BCUT2D eigenvalue weighted by Gasteiger charge is -2.09. The summed E-state index contributed by atoms with van der Waals surface area (Å²) >= 11 is 0. The number of non-ortho nitro benzene ring substituents is 1. The Labute approximate surface area is 121 Å². The number of carbonyl (C=O) groups is 1. The summed E-state index contributed by atoms with van der Waals surface area (Å²) in [6, 6.07) is 9.29. The van der Waals surface area contributed by atoms with E-state index in [0.717, 1.165) is 11.1 Å². The van der Waals surface area contributed by atoms with Crippen molar-refractivity contribution in [3.63, 3.8) is 0 Å². The predicted octanol–water partition coefficient (Wildman–Crippen LogP) is 3.05. The first-order valence-corrected chi connectivity index (χ1v) is 6.31. The molecule has 2 aromatic carbocycles. The van der Waals surface area contributed by atoms with Crippen LogP contribution in [0.2, 0.25) is 0 Å².